The Morgan fingerprint density at radius 1 is 1.29 bits per heavy atom. The van der Waals surface area contributed by atoms with Crippen molar-refractivity contribution in [1.29, 1.82) is 5.26 Å². The minimum Gasteiger partial charge on any atom is -0.365 e. The van der Waals surface area contributed by atoms with Crippen molar-refractivity contribution in [3.05, 3.63) is 59.5 Å². The van der Waals surface area contributed by atoms with E-state index in [4.69, 9.17) is 16.9 Å². The molecule has 1 aliphatic heterocycles. The van der Waals surface area contributed by atoms with E-state index in [9.17, 15) is 4.79 Å². The summed E-state index contributed by atoms with van der Waals surface area (Å²) < 4.78 is 1.53. The third-order valence-corrected chi connectivity index (χ3v) is 5.23. The molecule has 1 amide bonds. The molecule has 0 unspecified atom stereocenters. The zero-order valence-electron chi connectivity index (χ0n) is 16.7. The highest BCUT2D eigenvalue weighted by atomic mass is 35.5. The molecule has 0 saturated carbocycles. The highest BCUT2D eigenvalue weighted by Crippen LogP contribution is 2.22. The number of carbonyl (C=O) groups is 1. The third kappa shape index (κ3) is 5.10. The van der Waals surface area contributed by atoms with Gasteiger partial charge in [-0.2, -0.15) is 15.3 Å². The summed E-state index contributed by atoms with van der Waals surface area (Å²) in [6, 6.07) is 11.8. The van der Waals surface area contributed by atoms with Crippen LogP contribution in [-0.2, 0) is 17.9 Å². The molecule has 1 aliphatic rings. The van der Waals surface area contributed by atoms with Crippen LogP contribution in [-0.4, -0.2) is 43.1 Å². The molecule has 0 aliphatic carbocycles. The van der Waals surface area contributed by atoms with Gasteiger partial charge in [0.05, 0.1) is 24.2 Å². The molecule has 1 saturated heterocycles. The number of nitrogens with one attached hydrogen (secondary N) is 2. The van der Waals surface area contributed by atoms with E-state index in [0.717, 1.165) is 18.4 Å². The Labute approximate surface area is 184 Å². The number of hydrogen-bond donors (Lipinski definition) is 2. The molecule has 1 atom stereocenters. The largest absolute Gasteiger partial charge is 0.365 e. The number of benzene rings is 1. The van der Waals surface area contributed by atoms with E-state index < -0.39 is 0 Å². The van der Waals surface area contributed by atoms with Crippen LogP contribution in [0.15, 0.2) is 48.9 Å². The maximum atomic E-state index is 12.5. The van der Waals surface area contributed by atoms with E-state index in [2.05, 4.69) is 31.8 Å². The molecule has 0 spiro atoms. The van der Waals surface area contributed by atoms with Gasteiger partial charge in [0.15, 0.2) is 5.82 Å². The quantitative estimate of drug-likeness (QED) is 0.584. The fourth-order valence-electron chi connectivity index (χ4n) is 3.41. The first kappa shape index (κ1) is 20.6. The fraction of sp³-hybridized carbons (Fsp3) is 0.286. The van der Waals surface area contributed by atoms with Gasteiger partial charge in [-0.3, -0.25) is 9.48 Å². The molecular formula is C21H21ClN8O. The molecule has 0 radical (unpaired) electrons. The summed E-state index contributed by atoms with van der Waals surface area (Å²) in [6.45, 7) is 1.27. The van der Waals surface area contributed by atoms with Gasteiger partial charge >= 0.3 is 0 Å². The second kappa shape index (κ2) is 9.45. The van der Waals surface area contributed by atoms with Crippen molar-refractivity contribution in [2.45, 2.75) is 32.0 Å². The zero-order chi connectivity index (χ0) is 21.6. The number of likely N-dealkylation sites (tertiary alicyclic amines) is 1. The second-order valence-corrected chi connectivity index (χ2v) is 7.56. The summed E-state index contributed by atoms with van der Waals surface area (Å²) in [4.78, 5) is 22.7. The Morgan fingerprint density at radius 3 is 2.94 bits per heavy atom. The van der Waals surface area contributed by atoms with Crippen LogP contribution in [0.1, 0.15) is 18.4 Å². The summed E-state index contributed by atoms with van der Waals surface area (Å²) in [5, 5.41) is 20.1. The van der Waals surface area contributed by atoms with E-state index in [-0.39, 0.29) is 18.5 Å². The van der Waals surface area contributed by atoms with Crippen LogP contribution in [0.25, 0.3) is 0 Å². The van der Waals surface area contributed by atoms with Crippen LogP contribution >= 0.6 is 11.6 Å². The number of nitriles is 1. The summed E-state index contributed by atoms with van der Waals surface area (Å²) in [7, 11) is 0. The van der Waals surface area contributed by atoms with Gasteiger partial charge in [0, 0.05) is 19.3 Å². The summed E-state index contributed by atoms with van der Waals surface area (Å²) in [5.74, 6) is 0.755. The van der Waals surface area contributed by atoms with Crippen LogP contribution in [0.3, 0.4) is 0 Å². The molecule has 1 fully saturated rings. The lowest BCUT2D eigenvalue weighted by Crippen LogP contribution is -2.37. The number of halogens is 1. The maximum absolute atomic E-state index is 12.5. The van der Waals surface area contributed by atoms with Crippen LogP contribution in [0.5, 0.6) is 0 Å². The van der Waals surface area contributed by atoms with Crippen LogP contribution < -0.4 is 10.6 Å². The molecule has 4 rings (SSSR count). The SMILES string of the molecule is N#C[C@@H]1CCCN1C(=O)Cn1cc(Nc2ncc(Cl)c(NCc3ccccc3)n2)cn1. The summed E-state index contributed by atoms with van der Waals surface area (Å²) in [6.07, 6.45) is 6.39. The van der Waals surface area contributed by atoms with E-state index in [1.54, 1.807) is 17.3 Å². The van der Waals surface area contributed by atoms with Gasteiger partial charge in [0.2, 0.25) is 11.9 Å². The van der Waals surface area contributed by atoms with Gasteiger partial charge in [-0.25, -0.2) is 4.98 Å². The van der Waals surface area contributed by atoms with Gasteiger partial charge in [-0.05, 0) is 18.4 Å². The van der Waals surface area contributed by atoms with Crippen LogP contribution in [0, 0.1) is 11.3 Å². The molecule has 2 aromatic heterocycles. The molecular weight excluding hydrogens is 416 g/mol. The Morgan fingerprint density at radius 2 is 2.13 bits per heavy atom. The first-order valence-corrected chi connectivity index (χ1v) is 10.3. The average molecular weight is 437 g/mol. The predicted octanol–water partition coefficient (Wildman–Crippen LogP) is 3.20. The minimum absolute atomic E-state index is 0.0746. The molecule has 9 nitrogen and oxygen atoms in total. The van der Waals surface area contributed by atoms with Crippen molar-refractivity contribution in [3.63, 3.8) is 0 Å². The molecule has 1 aromatic carbocycles. The second-order valence-electron chi connectivity index (χ2n) is 7.16. The highest BCUT2D eigenvalue weighted by Gasteiger charge is 2.28. The smallest absolute Gasteiger partial charge is 0.245 e. The molecule has 0 bridgehead atoms. The molecule has 158 valence electrons. The maximum Gasteiger partial charge on any atom is 0.245 e. The standard InChI is InChI=1S/C21H21ClN8O/c22-18-12-25-21(28-20(18)24-10-15-5-2-1-3-6-15)27-16-11-26-29(13-16)14-19(31)30-8-4-7-17(30)9-23/h1-3,5-6,11-13,17H,4,7-8,10,14H2,(H2,24,25,27,28)/t17-/m0/s1. The number of anilines is 3. The van der Waals surface area contributed by atoms with Crippen molar-refractivity contribution >= 4 is 35.0 Å². The summed E-state index contributed by atoms with van der Waals surface area (Å²) >= 11 is 6.22. The Bertz CT molecular complexity index is 1090. The molecule has 31 heavy (non-hydrogen) atoms. The lowest BCUT2D eigenvalue weighted by atomic mass is 10.2. The van der Waals surface area contributed by atoms with Gasteiger partial charge in [-0.15, -0.1) is 0 Å². The number of amides is 1. The third-order valence-electron chi connectivity index (χ3n) is 4.96. The first-order valence-electron chi connectivity index (χ1n) is 9.91. The van der Waals surface area contributed by atoms with E-state index in [0.29, 0.717) is 35.6 Å². The molecule has 3 heterocycles. The minimum atomic E-state index is -0.343. The molecule has 3 aromatic rings. The fourth-order valence-corrected chi connectivity index (χ4v) is 3.56. The van der Waals surface area contributed by atoms with Crippen molar-refractivity contribution in [2.24, 2.45) is 0 Å². The van der Waals surface area contributed by atoms with Crippen molar-refractivity contribution in [1.82, 2.24) is 24.6 Å². The van der Waals surface area contributed by atoms with E-state index >= 15 is 0 Å². The lowest BCUT2D eigenvalue weighted by Gasteiger charge is -2.19. The van der Waals surface area contributed by atoms with Gasteiger partial charge in [-0.1, -0.05) is 41.9 Å². The zero-order valence-corrected chi connectivity index (χ0v) is 17.5. The van der Waals surface area contributed by atoms with Gasteiger partial charge < -0.3 is 15.5 Å². The van der Waals surface area contributed by atoms with Gasteiger partial charge in [0.1, 0.15) is 17.6 Å². The van der Waals surface area contributed by atoms with Crippen molar-refractivity contribution < 1.29 is 4.79 Å². The van der Waals surface area contributed by atoms with Gasteiger partial charge in [0.25, 0.3) is 0 Å². The van der Waals surface area contributed by atoms with E-state index in [1.807, 2.05) is 30.3 Å². The number of aromatic nitrogens is 4. The Kier molecular flexibility index (Phi) is 6.29. The molecule has 10 heteroatoms. The lowest BCUT2D eigenvalue weighted by molar-refractivity contribution is -0.132. The predicted molar refractivity (Wildman–Crippen MR) is 117 cm³/mol. The van der Waals surface area contributed by atoms with E-state index in [1.165, 1.54) is 10.9 Å². The number of hydrogen-bond acceptors (Lipinski definition) is 7. The Hall–Kier alpha value is -3.64. The number of nitrogens with zero attached hydrogens (tertiary/aromatic N) is 6. The molecule has 2 N–H and O–H groups in total. The highest BCUT2D eigenvalue weighted by molar-refractivity contribution is 6.32. The van der Waals surface area contributed by atoms with Crippen LogP contribution in [0.4, 0.5) is 17.5 Å². The average Bonchev–Trinajstić information content (AvgIpc) is 3.44. The van der Waals surface area contributed by atoms with Crippen molar-refractivity contribution in [3.8, 4) is 6.07 Å². The number of rotatable bonds is 7. The first-order chi connectivity index (χ1) is 15.1. The topological polar surface area (TPSA) is 112 Å². The monoisotopic (exact) mass is 436 g/mol. The Balaban J connectivity index is 1.38. The normalized spacial score (nSPS) is 15.5. The van der Waals surface area contributed by atoms with Crippen LogP contribution in [0.2, 0.25) is 5.02 Å². The van der Waals surface area contributed by atoms with Crippen molar-refractivity contribution in [2.75, 3.05) is 17.2 Å². The summed E-state index contributed by atoms with van der Waals surface area (Å²) in [5.41, 5.74) is 1.75. The number of carbonyl (C=O) groups excluding carboxylic acids is 1.